The smallest absolute Gasteiger partial charge is 0.133 e. The van der Waals surface area contributed by atoms with Crippen LogP contribution in [0.1, 0.15) is 19.3 Å². The zero-order valence-electron chi connectivity index (χ0n) is 8.81. The fourth-order valence-corrected chi connectivity index (χ4v) is 3.70. The molecular formula is C12H13Br3O. The Morgan fingerprint density at radius 2 is 2.00 bits per heavy atom. The molecule has 0 aliphatic heterocycles. The molecule has 0 amide bonds. The lowest BCUT2D eigenvalue weighted by Crippen LogP contribution is -2.37. The molecule has 0 atom stereocenters. The molecule has 0 saturated heterocycles. The van der Waals surface area contributed by atoms with E-state index in [0.717, 1.165) is 26.6 Å². The number of ether oxygens (including phenoxy) is 1. The molecule has 1 aromatic rings. The van der Waals surface area contributed by atoms with Gasteiger partial charge >= 0.3 is 0 Å². The molecule has 0 radical (unpaired) electrons. The topological polar surface area (TPSA) is 9.23 Å². The van der Waals surface area contributed by atoms with E-state index in [0.29, 0.717) is 5.41 Å². The van der Waals surface area contributed by atoms with Crippen LogP contribution in [0.3, 0.4) is 0 Å². The van der Waals surface area contributed by atoms with E-state index in [1.165, 1.54) is 19.3 Å². The second-order valence-electron chi connectivity index (χ2n) is 4.35. The van der Waals surface area contributed by atoms with E-state index < -0.39 is 0 Å². The molecule has 0 N–H and O–H groups in total. The molecule has 2 rings (SSSR count). The summed E-state index contributed by atoms with van der Waals surface area (Å²) in [4.78, 5) is 0. The Balaban J connectivity index is 1.99. The molecule has 0 aromatic heterocycles. The predicted molar refractivity (Wildman–Crippen MR) is 77.4 cm³/mol. The molecule has 0 heterocycles. The van der Waals surface area contributed by atoms with Gasteiger partial charge in [0.1, 0.15) is 5.75 Å². The summed E-state index contributed by atoms with van der Waals surface area (Å²) in [6, 6.07) is 6.01. The summed E-state index contributed by atoms with van der Waals surface area (Å²) in [6.45, 7) is 0.804. The van der Waals surface area contributed by atoms with Crippen molar-refractivity contribution in [2.45, 2.75) is 19.3 Å². The van der Waals surface area contributed by atoms with Crippen LogP contribution in [0.25, 0.3) is 0 Å². The molecule has 1 fully saturated rings. The van der Waals surface area contributed by atoms with Crippen LogP contribution in [0.2, 0.25) is 0 Å². The van der Waals surface area contributed by atoms with Gasteiger partial charge < -0.3 is 4.74 Å². The Hall–Kier alpha value is 0.460. The first-order valence-electron chi connectivity index (χ1n) is 5.29. The van der Waals surface area contributed by atoms with Gasteiger partial charge in [-0.2, -0.15) is 0 Å². The van der Waals surface area contributed by atoms with E-state index >= 15 is 0 Å². The molecular weight excluding hydrogens is 400 g/mol. The van der Waals surface area contributed by atoms with Crippen molar-refractivity contribution in [2.24, 2.45) is 5.41 Å². The third kappa shape index (κ3) is 2.82. The van der Waals surface area contributed by atoms with Crippen molar-refractivity contribution in [3.8, 4) is 5.75 Å². The van der Waals surface area contributed by atoms with Crippen molar-refractivity contribution >= 4 is 47.8 Å². The SMILES string of the molecule is BrCC1(COc2ccc(Br)cc2Br)CCC1. The van der Waals surface area contributed by atoms with Crippen LogP contribution in [0.5, 0.6) is 5.75 Å². The lowest BCUT2D eigenvalue weighted by molar-refractivity contribution is 0.0834. The highest BCUT2D eigenvalue weighted by molar-refractivity contribution is 9.11. The van der Waals surface area contributed by atoms with E-state index in [9.17, 15) is 0 Å². The third-order valence-corrected chi connectivity index (χ3v) is 5.43. The van der Waals surface area contributed by atoms with E-state index in [4.69, 9.17) is 4.74 Å². The third-order valence-electron chi connectivity index (χ3n) is 3.13. The largest absolute Gasteiger partial charge is 0.492 e. The summed E-state index contributed by atoms with van der Waals surface area (Å²) in [5.41, 5.74) is 0.368. The molecule has 1 aliphatic carbocycles. The van der Waals surface area contributed by atoms with Gasteiger partial charge in [-0.3, -0.25) is 0 Å². The minimum Gasteiger partial charge on any atom is -0.492 e. The highest BCUT2D eigenvalue weighted by Crippen LogP contribution is 2.43. The number of hydrogen-bond donors (Lipinski definition) is 0. The Labute approximate surface area is 121 Å². The average molecular weight is 413 g/mol. The van der Waals surface area contributed by atoms with Crippen molar-refractivity contribution in [1.29, 1.82) is 0 Å². The summed E-state index contributed by atoms with van der Waals surface area (Å²) in [5.74, 6) is 0.926. The van der Waals surface area contributed by atoms with Crippen molar-refractivity contribution in [2.75, 3.05) is 11.9 Å². The summed E-state index contributed by atoms with van der Waals surface area (Å²) in [5, 5.41) is 1.04. The van der Waals surface area contributed by atoms with Gasteiger partial charge in [-0.15, -0.1) is 0 Å². The second kappa shape index (κ2) is 5.40. The average Bonchev–Trinajstić information content (AvgIpc) is 2.19. The first-order valence-corrected chi connectivity index (χ1v) is 8.00. The van der Waals surface area contributed by atoms with Crippen LogP contribution in [0.15, 0.2) is 27.1 Å². The van der Waals surface area contributed by atoms with Crippen molar-refractivity contribution < 1.29 is 4.74 Å². The molecule has 1 saturated carbocycles. The molecule has 1 nitrogen and oxygen atoms in total. The summed E-state index contributed by atoms with van der Waals surface area (Å²) in [7, 11) is 0. The van der Waals surface area contributed by atoms with Gasteiger partial charge in [-0.05, 0) is 47.0 Å². The Morgan fingerprint density at radius 1 is 1.25 bits per heavy atom. The highest BCUT2D eigenvalue weighted by Gasteiger charge is 2.36. The van der Waals surface area contributed by atoms with Crippen LogP contribution in [0, 0.1) is 5.41 Å². The van der Waals surface area contributed by atoms with Crippen LogP contribution in [-0.4, -0.2) is 11.9 Å². The number of hydrogen-bond acceptors (Lipinski definition) is 1. The van der Waals surface area contributed by atoms with Crippen LogP contribution in [0.4, 0.5) is 0 Å². The lowest BCUT2D eigenvalue weighted by atomic mass is 9.71. The zero-order chi connectivity index (χ0) is 11.6. The van der Waals surface area contributed by atoms with Crippen LogP contribution < -0.4 is 4.74 Å². The maximum Gasteiger partial charge on any atom is 0.133 e. The van der Waals surface area contributed by atoms with Crippen LogP contribution >= 0.6 is 47.8 Å². The summed E-state index contributed by atoms with van der Waals surface area (Å²) < 4.78 is 7.96. The second-order valence-corrected chi connectivity index (χ2v) is 6.68. The van der Waals surface area contributed by atoms with Gasteiger partial charge in [0.15, 0.2) is 0 Å². The van der Waals surface area contributed by atoms with Gasteiger partial charge in [0.05, 0.1) is 11.1 Å². The minimum atomic E-state index is 0.368. The summed E-state index contributed by atoms with van der Waals surface area (Å²) in [6.07, 6.45) is 3.87. The van der Waals surface area contributed by atoms with Gasteiger partial charge in [0.2, 0.25) is 0 Å². The normalized spacial score (nSPS) is 17.9. The molecule has 1 aromatic carbocycles. The first kappa shape index (κ1) is 12.9. The van der Waals surface area contributed by atoms with Crippen LogP contribution in [-0.2, 0) is 0 Å². The number of benzene rings is 1. The van der Waals surface area contributed by atoms with E-state index in [1.54, 1.807) is 0 Å². The first-order chi connectivity index (χ1) is 7.65. The number of alkyl halides is 1. The van der Waals surface area contributed by atoms with E-state index in [1.807, 2.05) is 18.2 Å². The molecule has 16 heavy (non-hydrogen) atoms. The molecule has 1 aliphatic rings. The van der Waals surface area contributed by atoms with Crippen molar-refractivity contribution in [3.05, 3.63) is 27.1 Å². The molecule has 0 unspecified atom stereocenters. The van der Waals surface area contributed by atoms with Gasteiger partial charge in [-0.25, -0.2) is 0 Å². The minimum absolute atomic E-state index is 0.368. The molecule has 0 spiro atoms. The molecule has 0 bridgehead atoms. The fourth-order valence-electron chi connectivity index (χ4n) is 1.82. The quantitative estimate of drug-likeness (QED) is 0.621. The Bertz CT molecular complexity index is 369. The van der Waals surface area contributed by atoms with Crippen molar-refractivity contribution in [1.82, 2.24) is 0 Å². The van der Waals surface area contributed by atoms with Gasteiger partial charge in [0.25, 0.3) is 0 Å². The fraction of sp³-hybridized carbons (Fsp3) is 0.500. The maximum atomic E-state index is 5.89. The number of halogens is 3. The maximum absolute atomic E-state index is 5.89. The molecule has 4 heteroatoms. The highest BCUT2D eigenvalue weighted by atomic mass is 79.9. The molecule has 88 valence electrons. The van der Waals surface area contributed by atoms with E-state index in [2.05, 4.69) is 47.8 Å². The van der Waals surface area contributed by atoms with Gasteiger partial charge in [-0.1, -0.05) is 38.3 Å². The predicted octanol–water partition coefficient (Wildman–Crippen LogP) is 5.16. The van der Waals surface area contributed by atoms with Gasteiger partial charge in [0, 0.05) is 15.2 Å². The standard InChI is InChI=1S/C12H13Br3O/c13-7-12(4-1-5-12)8-16-11-3-2-9(14)6-10(11)15/h2-3,6H,1,4-5,7-8H2. The Morgan fingerprint density at radius 3 is 2.50 bits per heavy atom. The number of rotatable bonds is 4. The Kier molecular flexibility index (Phi) is 4.36. The van der Waals surface area contributed by atoms with E-state index in [-0.39, 0.29) is 0 Å². The summed E-state index contributed by atoms with van der Waals surface area (Å²) >= 11 is 10.5. The monoisotopic (exact) mass is 410 g/mol. The zero-order valence-corrected chi connectivity index (χ0v) is 13.6. The van der Waals surface area contributed by atoms with Crippen molar-refractivity contribution in [3.63, 3.8) is 0 Å². The lowest BCUT2D eigenvalue weighted by Gasteiger charge is -2.40.